The molecule has 0 radical (unpaired) electrons. The summed E-state index contributed by atoms with van der Waals surface area (Å²) in [6.45, 7) is 2.19. The van der Waals surface area contributed by atoms with Crippen LogP contribution < -0.4 is 5.32 Å². The summed E-state index contributed by atoms with van der Waals surface area (Å²) in [5.41, 5.74) is 0. The zero-order valence-corrected chi connectivity index (χ0v) is 8.96. The van der Waals surface area contributed by atoms with Gasteiger partial charge in [-0.3, -0.25) is 4.79 Å². The third-order valence-electron chi connectivity index (χ3n) is 3.06. The molecule has 1 rings (SSSR count). The van der Waals surface area contributed by atoms with Crippen molar-refractivity contribution < 1.29 is 9.90 Å². The Labute approximate surface area is 85.9 Å². The molecule has 0 aromatic heterocycles. The monoisotopic (exact) mass is 199 g/mol. The van der Waals surface area contributed by atoms with Crippen LogP contribution in [0.1, 0.15) is 45.4 Å². The van der Waals surface area contributed by atoms with Gasteiger partial charge in [0.25, 0.3) is 0 Å². The maximum atomic E-state index is 11.3. The van der Waals surface area contributed by atoms with Crippen molar-refractivity contribution in [1.82, 2.24) is 5.32 Å². The Bertz CT molecular complexity index is 176. The van der Waals surface area contributed by atoms with Crippen molar-refractivity contribution in [2.24, 2.45) is 5.92 Å². The molecule has 3 heteroatoms. The van der Waals surface area contributed by atoms with Crippen LogP contribution in [0.2, 0.25) is 0 Å². The van der Waals surface area contributed by atoms with Gasteiger partial charge in [-0.1, -0.05) is 12.8 Å². The molecule has 0 aliphatic heterocycles. The highest BCUT2D eigenvalue weighted by Gasteiger charge is 2.22. The van der Waals surface area contributed by atoms with Gasteiger partial charge < -0.3 is 10.4 Å². The Morgan fingerprint density at radius 1 is 1.50 bits per heavy atom. The molecule has 3 nitrogen and oxygen atoms in total. The van der Waals surface area contributed by atoms with E-state index >= 15 is 0 Å². The molecule has 0 spiro atoms. The molecule has 1 amide bonds. The number of carbonyl (C=O) groups is 1. The van der Waals surface area contributed by atoms with Crippen LogP contribution in [0.5, 0.6) is 0 Å². The molecule has 14 heavy (non-hydrogen) atoms. The second kappa shape index (κ2) is 6.02. The quantitative estimate of drug-likeness (QED) is 0.704. The summed E-state index contributed by atoms with van der Waals surface area (Å²) in [7, 11) is 0. The molecular weight excluding hydrogens is 178 g/mol. The van der Waals surface area contributed by atoms with Gasteiger partial charge in [0, 0.05) is 19.1 Å². The van der Waals surface area contributed by atoms with Crippen LogP contribution in [0.3, 0.4) is 0 Å². The third-order valence-corrected chi connectivity index (χ3v) is 3.06. The standard InChI is InChI=1S/C11H21NO2/c1-9(10-5-2-3-6-10)12-11(14)7-4-8-13/h9-10,13H,2-8H2,1H3,(H,12,14)/t9-/m0/s1. The molecular formula is C11H21NO2. The van der Waals surface area contributed by atoms with Gasteiger partial charge in [-0.2, -0.15) is 0 Å². The zero-order chi connectivity index (χ0) is 10.4. The van der Waals surface area contributed by atoms with Gasteiger partial charge in [0.05, 0.1) is 0 Å². The van der Waals surface area contributed by atoms with Gasteiger partial charge >= 0.3 is 0 Å². The van der Waals surface area contributed by atoms with E-state index in [-0.39, 0.29) is 12.5 Å². The van der Waals surface area contributed by atoms with E-state index in [1.54, 1.807) is 0 Å². The molecule has 0 aromatic carbocycles. The average Bonchev–Trinajstić information content (AvgIpc) is 2.67. The lowest BCUT2D eigenvalue weighted by molar-refractivity contribution is -0.122. The smallest absolute Gasteiger partial charge is 0.220 e. The molecule has 1 fully saturated rings. The average molecular weight is 199 g/mol. The number of rotatable bonds is 5. The normalized spacial score (nSPS) is 19.6. The fourth-order valence-corrected chi connectivity index (χ4v) is 2.14. The van der Waals surface area contributed by atoms with Crippen LogP contribution in [0.15, 0.2) is 0 Å². The lowest BCUT2D eigenvalue weighted by Crippen LogP contribution is -2.37. The summed E-state index contributed by atoms with van der Waals surface area (Å²) in [5.74, 6) is 0.756. The first kappa shape index (κ1) is 11.5. The van der Waals surface area contributed by atoms with E-state index in [0.717, 1.165) is 0 Å². The molecule has 0 bridgehead atoms. The van der Waals surface area contributed by atoms with Crippen LogP contribution in [0.25, 0.3) is 0 Å². The predicted octanol–water partition coefficient (Wildman–Crippen LogP) is 1.45. The van der Waals surface area contributed by atoms with Crippen molar-refractivity contribution in [2.75, 3.05) is 6.61 Å². The van der Waals surface area contributed by atoms with E-state index in [0.29, 0.717) is 24.8 Å². The number of amides is 1. The first-order chi connectivity index (χ1) is 6.74. The van der Waals surface area contributed by atoms with Crippen molar-refractivity contribution in [3.8, 4) is 0 Å². The summed E-state index contributed by atoms with van der Waals surface area (Å²) in [4.78, 5) is 11.3. The SMILES string of the molecule is C[C@H](NC(=O)CCCO)C1CCCC1. The van der Waals surface area contributed by atoms with E-state index < -0.39 is 0 Å². The van der Waals surface area contributed by atoms with E-state index in [9.17, 15) is 4.79 Å². The Morgan fingerprint density at radius 3 is 2.71 bits per heavy atom. The summed E-state index contributed by atoms with van der Waals surface area (Å²) < 4.78 is 0. The molecule has 0 aromatic rings. The summed E-state index contributed by atoms with van der Waals surface area (Å²) >= 11 is 0. The summed E-state index contributed by atoms with van der Waals surface area (Å²) in [6.07, 6.45) is 6.14. The Morgan fingerprint density at radius 2 is 2.14 bits per heavy atom. The molecule has 1 atom stereocenters. The zero-order valence-electron chi connectivity index (χ0n) is 8.96. The number of aliphatic hydroxyl groups is 1. The second-order valence-electron chi connectivity index (χ2n) is 4.23. The lowest BCUT2D eigenvalue weighted by atomic mass is 10.00. The van der Waals surface area contributed by atoms with Gasteiger partial charge in [0.2, 0.25) is 5.91 Å². The van der Waals surface area contributed by atoms with Gasteiger partial charge in [0.1, 0.15) is 0 Å². The van der Waals surface area contributed by atoms with Crippen LogP contribution >= 0.6 is 0 Å². The first-order valence-corrected chi connectivity index (χ1v) is 5.64. The molecule has 2 N–H and O–H groups in total. The van der Waals surface area contributed by atoms with E-state index in [2.05, 4.69) is 12.2 Å². The van der Waals surface area contributed by atoms with Crippen molar-refractivity contribution >= 4 is 5.91 Å². The number of hydrogen-bond acceptors (Lipinski definition) is 2. The lowest BCUT2D eigenvalue weighted by Gasteiger charge is -2.20. The van der Waals surface area contributed by atoms with Gasteiger partial charge in [-0.25, -0.2) is 0 Å². The van der Waals surface area contributed by atoms with Crippen molar-refractivity contribution in [1.29, 1.82) is 0 Å². The minimum atomic E-state index is 0.0819. The molecule has 82 valence electrons. The van der Waals surface area contributed by atoms with E-state index in [1.807, 2.05) is 0 Å². The van der Waals surface area contributed by atoms with Crippen molar-refractivity contribution in [3.05, 3.63) is 0 Å². The number of aliphatic hydroxyl groups excluding tert-OH is 1. The van der Waals surface area contributed by atoms with Gasteiger partial charge in [-0.05, 0) is 32.1 Å². The molecule has 0 saturated heterocycles. The highest BCUT2D eigenvalue weighted by Crippen LogP contribution is 2.27. The molecule has 0 unspecified atom stereocenters. The molecule has 1 saturated carbocycles. The van der Waals surface area contributed by atoms with Gasteiger partial charge in [0.15, 0.2) is 0 Å². The molecule has 1 aliphatic carbocycles. The van der Waals surface area contributed by atoms with E-state index in [4.69, 9.17) is 5.11 Å². The van der Waals surface area contributed by atoms with Crippen LogP contribution in [-0.4, -0.2) is 23.7 Å². The second-order valence-corrected chi connectivity index (χ2v) is 4.23. The minimum Gasteiger partial charge on any atom is -0.396 e. The molecule has 0 heterocycles. The maximum absolute atomic E-state index is 11.3. The van der Waals surface area contributed by atoms with Crippen molar-refractivity contribution in [2.45, 2.75) is 51.5 Å². The Balaban J connectivity index is 2.18. The number of hydrogen-bond donors (Lipinski definition) is 2. The Kier molecular flexibility index (Phi) is 4.94. The van der Waals surface area contributed by atoms with Crippen LogP contribution in [0, 0.1) is 5.92 Å². The maximum Gasteiger partial charge on any atom is 0.220 e. The van der Waals surface area contributed by atoms with Crippen molar-refractivity contribution in [3.63, 3.8) is 0 Å². The first-order valence-electron chi connectivity index (χ1n) is 5.64. The van der Waals surface area contributed by atoms with Gasteiger partial charge in [-0.15, -0.1) is 0 Å². The summed E-state index contributed by atoms with van der Waals surface area (Å²) in [6, 6.07) is 0.309. The minimum absolute atomic E-state index is 0.0819. The third kappa shape index (κ3) is 3.66. The largest absolute Gasteiger partial charge is 0.396 e. The predicted molar refractivity (Wildman–Crippen MR) is 55.9 cm³/mol. The topological polar surface area (TPSA) is 49.3 Å². The number of nitrogens with one attached hydrogen (secondary N) is 1. The van der Waals surface area contributed by atoms with Crippen LogP contribution in [-0.2, 0) is 4.79 Å². The Hall–Kier alpha value is -0.570. The van der Waals surface area contributed by atoms with E-state index in [1.165, 1.54) is 25.7 Å². The molecule has 1 aliphatic rings. The fraction of sp³-hybridized carbons (Fsp3) is 0.909. The van der Waals surface area contributed by atoms with Crippen LogP contribution in [0.4, 0.5) is 0 Å². The fourth-order valence-electron chi connectivity index (χ4n) is 2.14. The summed E-state index contributed by atoms with van der Waals surface area (Å²) in [5, 5.41) is 11.6. The highest BCUT2D eigenvalue weighted by atomic mass is 16.3. The number of carbonyl (C=O) groups excluding carboxylic acids is 1. The highest BCUT2D eigenvalue weighted by molar-refractivity contribution is 5.76.